The molecular weight excluding hydrogens is 376 g/mol. The highest BCUT2D eigenvalue weighted by Crippen LogP contribution is 2.33. The molecule has 1 aromatic heterocycles. The molecule has 0 unspecified atom stereocenters. The van der Waals surface area contributed by atoms with Crippen LogP contribution in [-0.2, 0) is 12.8 Å². The topological polar surface area (TPSA) is 53.8 Å². The highest BCUT2D eigenvalue weighted by atomic mass is 32.2. The average Bonchev–Trinajstić information content (AvgIpc) is 3.25. The number of benzene rings is 2. The van der Waals surface area contributed by atoms with Crippen LogP contribution in [0, 0.1) is 11.3 Å². The first kappa shape index (κ1) is 19.2. The van der Waals surface area contributed by atoms with E-state index in [0.717, 1.165) is 36.1 Å². The van der Waals surface area contributed by atoms with E-state index in [1.807, 2.05) is 72.8 Å². The molecule has 0 spiro atoms. The molecule has 0 amide bonds. The summed E-state index contributed by atoms with van der Waals surface area (Å²) in [5.74, 6) is 0.315. The van der Waals surface area contributed by atoms with Gasteiger partial charge >= 0.3 is 0 Å². The first-order valence-corrected chi connectivity index (χ1v) is 10.6. The van der Waals surface area contributed by atoms with Crippen molar-refractivity contribution in [3.8, 4) is 6.07 Å². The van der Waals surface area contributed by atoms with Gasteiger partial charge in [-0.15, -0.1) is 0 Å². The molecule has 3 aromatic rings. The number of hydrogen-bond donors (Lipinski definition) is 0. The minimum absolute atomic E-state index is 0.0446. The number of hydrogen-bond acceptors (Lipinski definition) is 4. The second-order valence-corrected chi connectivity index (χ2v) is 7.88. The van der Waals surface area contributed by atoms with E-state index >= 15 is 0 Å². The molecule has 1 heterocycles. The van der Waals surface area contributed by atoms with E-state index < -0.39 is 0 Å². The lowest BCUT2D eigenvalue weighted by molar-refractivity contribution is 0.102. The van der Waals surface area contributed by atoms with Gasteiger partial charge < -0.3 is 0 Å². The fourth-order valence-electron chi connectivity index (χ4n) is 3.57. The summed E-state index contributed by atoms with van der Waals surface area (Å²) in [7, 11) is 0. The summed E-state index contributed by atoms with van der Waals surface area (Å²) in [4.78, 5) is 17.3. The van der Waals surface area contributed by atoms with Gasteiger partial charge in [-0.3, -0.25) is 4.79 Å². The van der Waals surface area contributed by atoms with Crippen LogP contribution in [0.25, 0.3) is 12.2 Å². The van der Waals surface area contributed by atoms with Gasteiger partial charge in [0.15, 0.2) is 5.78 Å². The summed E-state index contributed by atoms with van der Waals surface area (Å²) < 4.78 is 0. The quantitative estimate of drug-likeness (QED) is 0.403. The third kappa shape index (κ3) is 4.31. The summed E-state index contributed by atoms with van der Waals surface area (Å²) >= 11 is 1.36. The molecule has 29 heavy (non-hydrogen) atoms. The normalized spacial score (nSPS) is 12.7. The van der Waals surface area contributed by atoms with Crippen LogP contribution in [-0.4, -0.2) is 16.5 Å². The third-order valence-corrected chi connectivity index (χ3v) is 6.00. The first-order chi connectivity index (χ1) is 14.3. The van der Waals surface area contributed by atoms with E-state index in [4.69, 9.17) is 4.98 Å². The van der Waals surface area contributed by atoms with Crippen molar-refractivity contribution in [1.82, 2.24) is 4.98 Å². The van der Waals surface area contributed by atoms with Gasteiger partial charge in [-0.05, 0) is 36.0 Å². The molecule has 1 aliphatic rings. The number of nitriles is 1. The fourth-order valence-corrected chi connectivity index (χ4v) is 4.48. The molecule has 0 radical (unpaired) electrons. The van der Waals surface area contributed by atoms with Crippen LogP contribution in [0.2, 0.25) is 0 Å². The van der Waals surface area contributed by atoms with Crippen LogP contribution in [0.4, 0.5) is 0 Å². The monoisotopic (exact) mass is 396 g/mol. The molecule has 0 aliphatic heterocycles. The summed E-state index contributed by atoms with van der Waals surface area (Å²) in [5, 5.41) is 10.5. The second-order valence-electron chi connectivity index (χ2n) is 6.92. The van der Waals surface area contributed by atoms with Crippen molar-refractivity contribution in [2.45, 2.75) is 24.3 Å². The number of pyridine rings is 1. The second kappa shape index (κ2) is 8.89. The predicted octanol–water partition coefficient (Wildman–Crippen LogP) is 5.59. The smallest absolute Gasteiger partial charge is 0.173 e. The Morgan fingerprint density at radius 1 is 1.03 bits per heavy atom. The Morgan fingerprint density at radius 2 is 1.76 bits per heavy atom. The molecule has 3 nitrogen and oxygen atoms in total. The van der Waals surface area contributed by atoms with Gasteiger partial charge in [0.1, 0.15) is 11.1 Å². The summed E-state index contributed by atoms with van der Waals surface area (Å²) in [6.45, 7) is 0. The van der Waals surface area contributed by atoms with Gasteiger partial charge in [0, 0.05) is 11.3 Å². The minimum Gasteiger partial charge on any atom is -0.293 e. The average molecular weight is 397 g/mol. The Balaban J connectivity index is 1.65. The Hall–Kier alpha value is -3.16. The molecular formula is C25H20N2OS. The molecule has 0 N–H and O–H groups in total. The van der Waals surface area contributed by atoms with E-state index in [2.05, 4.69) is 6.07 Å². The number of carbonyl (C=O) groups excluding carboxylic acids is 1. The predicted molar refractivity (Wildman–Crippen MR) is 118 cm³/mol. The number of aryl methyl sites for hydroxylation is 1. The number of Topliss-reactive ketones (excluding diaryl/α,β-unsaturated/α-hetero) is 1. The zero-order valence-electron chi connectivity index (χ0n) is 16.0. The van der Waals surface area contributed by atoms with Gasteiger partial charge in [0.25, 0.3) is 0 Å². The maximum absolute atomic E-state index is 12.5. The highest BCUT2D eigenvalue weighted by molar-refractivity contribution is 8.00. The molecule has 0 bridgehead atoms. The number of rotatable bonds is 6. The van der Waals surface area contributed by atoms with Crippen molar-refractivity contribution in [2.75, 3.05) is 5.75 Å². The summed E-state index contributed by atoms with van der Waals surface area (Å²) in [5.41, 5.74) is 5.54. The van der Waals surface area contributed by atoms with Gasteiger partial charge in [0.05, 0.1) is 11.3 Å². The fraction of sp³-hybridized carbons (Fsp3) is 0.160. The van der Waals surface area contributed by atoms with Gasteiger partial charge in [-0.2, -0.15) is 5.26 Å². The van der Waals surface area contributed by atoms with Crippen LogP contribution in [0.15, 0.2) is 65.7 Å². The Labute approximate surface area is 175 Å². The van der Waals surface area contributed by atoms with Crippen molar-refractivity contribution in [1.29, 1.82) is 5.26 Å². The number of nitrogens with zero attached hydrogens (tertiary/aromatic N) is 2. The van der Waals surface area contributed by atoms with Gasteiger partial charge in [-0.25, -0.2) is 4.98 Å². The van der Waals surface area contributed by atoms with Crippen LogP contribution in [0.3, 0.4) is 0 Å². The zero-order valence-corrected chi connectivity index (χ0v) is 16.8. The van der Waals surface area contributed by atoms with Gasteiger partial charge in [-0.1, -0.05) is 84.6 Å². The molecule has 2 aromatic carbocycles. The maximum Gasteiger partial charge on any atom is 0.173 e. The first-order valence-electron chi connectivity index (χ1n) is 9.66. The third-order valence-electron chi connectivity index (χ3n) is 5.02. The van der Waals surface area contributed by atoms with E-state index in [-0.39, 0.29) is 11.5 Å². The zero-order chi connectivity index (χ0) is 20.1. The number of fused-ring (bicyclic) bond motifs is 1. The molecule has 4 rings (SSSR count). The number of aromatic nitrogens is 1. The molecule has 0 atom stereocenters. The van der Waals surface area contributed by atoms with Crippen LogP contribution < -0.4 is 0 Å². The molecule has 142 valence electrons. The Morgan fingerprint density at radius 3 is 2.48 bits per heavy atom. The number of thioether (sulfide) groups is 1. The summed E-state index contributed by atoms with van der Waals surface area (Å²) in [6.07, 6.45) is 6.99. The van der Waals surface area contributed by atoms with E-state index in [1.54, 1.807) is 0 Å². The lowest BCUT2D eigenvalue weighted by Crippen LogP contribution is -2.05. The minimum atomic E-state index is 0.0446. The lowest BCUT2D eigenvalue weighted by atomic mass is 10.0. The SMILES string of the molecule is N#Cc1c(SCC(=O)c2ccccc2)nc2c(c1/C=C/c1ccccc1)CCC2. The van der Waals surface area contributed by atoms with Crippen molar-refractivity contribution in [3.05, 3.63) is 94.2 Å². The standard InChI is InChI=1S/C25H20N2OS/c26-16-22-20(15-14-18-8-3-1-4-9-18)21-12-7-13-23(21)27-25(22)29-17-24(28)19-10-5-2-6-11-19/h1-6,8-11,14-15H,7,12-13,17H2/b15-14+. The lowest BCUT2D eigenvalue weighted by Gasteiger charge is -2.11. The number of carbonyl (C=O) groups is 1. The van der Waals surface area contributed by atoms with Crippen LogP contribution in [0.5, 0.6) is 0 Å². The van der Waals surface area contributed by atoms with Crippen LogP contribution in [0.1, 0.15) is 44.7 Å². The van der Waals surface area contributed by atoms with E-state index in [9.17, 15) is 10.1 Å². The van der Waals surface area contributed by atoms with Crippen molar-refractivity contribution in [3.63, 3.8) is 0 Å². The largest absolute Gasteiger partial charge is 0.293 e. The molecule has 0 saturated heterocycles. The van der Waals surface area contributed by atoms with Crippen molar-refractivity contribution >= 4 is 29.7 Å². The molecule has 0 fully saturated rings. The molecule has 1 aliphatic carbocycles. The highest BCUT2D eigenvalue weighted by Gasteiger charge is 2.22. The Bertz CT molecular complexity index is 1100. The maximum atomic E-state index is 12.5. The van der Waals surface area contributed by atoms with Crippen molar-refractivity contribution in [2.24, 2.45) is 0 Å². The van der Waals surface area contributed by atoms with Gasteiger partial charge in [0.2, 0.25) is 0 Å². The van der Waals surface area contributed by atoms with Crippen LogP contribution >= 0.6 is 11.8 Å². The summed E-state index contributed by atoms with van der Waals surface area (Å²) in [6, 6.07) is 21.7. The van der Waals surface area contributed by atoms with E-state index in [1.165, 1.54) is 17.3 Å². The Kier molecular flexibility index (Phi) is 5.88. The number of ketones is 1. The van der Waals surface area contributed by atoms with E-state index in [0.29, 0.717) is 16.2 Å². The molecule has 0 saturated carbocycles. The van der Waals surface area contributed by atoms with Crippen molar-refractivity contribution < 1.29 is 4.79 Å². The molecule has 4 heteroatoms.